The molecule has 0 heterocycles. The Morgan fingerprint density at radius 3 is 2.33 bits per heavy atom. The van der Waals surface area contributed by atoms with Gasteiger partial charge in [-0.25, -0.2) is 13.2 Å². The van der Waals surface area contributed by atoms with Crippen LogP contribution in [0.15, 0.2) is 11.0 Å². The van der Waals surface area contributed by atoms with E-state index in [0.717, 1.165) is 11.8 Å². The van der Waals surface area contributed by atoms with Gasteiger partial charge >= 0.3 is 0 Å². The van der Waals surface area contributed by atoms with Crippen LogP contribution < -0.4 is 5.73 Å². The zero-order valence-electron chi connectivity index (χ0n) is 6.20. The van der Waals surface area contributed by atoms with Gasteiger partial charge in [-0.05, 0) is 6.26 Å². The molecule has 1 nitrogen and oxygen atoms in total. The minimum Gasteiger partial charge on any atom is -0.396 e. The molecule has 5 heteroatoms. The Labute approximate surface area is 71.8 Å². The van der Waals surface area contributed by atoms with E-state index in [1.165, 1.54) is 6.26 Å². The molecule has 0 unspecified atom stereocenters. The fourth-order valence-corrected chi connectivity index (χ4v) is 1.35. The molecule has 0 atom stereocenters. The number of hydrogen-bond donors (Lipinski definition) is 1. The minimum absolute atomic E-state index is 0.377. The highest BCUT2D eigenvalue weighted by Gasteiger charge is 2.15. The van der Waals surface area contributed by atoms with E-state index in [1.807, 2.05) is 0 Å². The first-order chi connectivity index (χ1) is 5.57. The second-order valence-corrected chi connectivity index (χ2v) is 2.93. The highest BCUT2D eigenvalue weighted by molar-refractivity contribution is 7.98. The molecule has 0 aliphatic heterocycles. The van der Waals surface area contributed by atoms with Crippen LogP contribution in [0.5, 0.6) is 0 Å². The Morgan fingerprint density at radius 2 is 1.83 bits per heavy atom. The average molecular weight is 193 g/mol. The van der Waals surface area contributed by atoms with Crippen LogP contribution in [0.2, 0.25) is 0 Å². The molecule has 0 radical (unpaired) electrons. The summed E-state index contributed by atoms with van der Waals surface area (Å²) in [6.45, 7) is 0. The van der Waals surface area contributed by atoms with Crippen molar-refractivity contribution < 1.29 is 13.2 Å². The molecule has 12 heavy (non-hydrogen) atoms. The second-order valence-electron chi connectivity index (χ2n) is 2.11. The van der Waals surface area contributed by atoms with Crippen LogP contribution in [0.1, 0.15) is 0 Å². The number of thioether (sulfide) groups is 1. The van der Waals surface area contributed by atoms with Gasteiger partial charge in [0.2, 0.25) is 0 Å². The first-order valence-electron chi connectivity index (χ1n) is 3.05. The summed E-state index contributed by atoms with van der Waals surface area (Å²) < 4.78 is 38.2. The Morgan fingerprint density at radius 1 is 1.25 bits per heavy atom. The second kappa shape index (κ2) is 3.26. The third-order valence-corrected chi connectivity index (χ3v) is 2.11. The highest BCUT2D eigenvalue weighted by atomic mass is 32.2. The van der Waals surface area contributed by atoms with Gasteiger partial charge in [0, 0.05) is 6.07 Å². The predicted octanol–water partition coefficient (Wildman–Crippen LogP) is 2.41. The Bertz CT molecular complexity index is 288. The van der Waals surface area contributed by atoms with Crippen LogP contribution in [0.3, 0.4) is 0 Å². The van der Waals surface area contributed by atoms with Gasteiger partial charge < -0.3 is 5.73 Å². The van der Waals surface area contributed by atoms with Gasteiger partial charge in [-0.1, -0.05) is 0 Å². The van der Waals surface area contributed by atoms with Crippen molar-refractivity contribution in [2.75, 3.05) is 12.0 Å². The van der Waals surface area contributed by atoms with E-state index in [2.05, 4.69) is 0 Å². The molecule has 0 aromatic heterocycles. The van der Waals surface area contributed by atoms with Crippen LogP contribution in [-0.2, 0) is 0 Å². The molecule has 1 aromatic carbocycles. The van der Waals surface area contributed by atoms with Gasteiger partial charge in [0.1, 0.15) is 0 Å². The molecule has 2 N–H and O–H groups in total. The lowest BCUT2D eigenvalue weighted by Crippen LogP contribution is -1.98. The standard InChI is InChI=1S/C7H6F3NS/c1-12-7-5(9)3(8)2-4(11)6(7)10/h2H,11H2,1H3. The van der Waals surface area contributed by atoms with Crippen molar-refractivity contribution in [3.63, 3.8) is 0 Å². The van der Waals surface area contributed by atoms with Crippen LogP contribution in [0, 0.1) is 17.5 Å². The number of nitrogens with two attached hydrogens (primary N) is 1. The van der Waals surface area contributed by atoms with Gasteiger partial charge in [0.25, 0.3) is 0 Å². The van der Waals surface area contributed by atoms with Crippen LogP contribution in [-0.4, -0.2) is 6.26 Å². The van der Waals surface area contributed by atoms with Crippen LogP contribution in [0.25, 0.3) is 0 Å². The zero-order valence-corrected chi connectivity index (χ0v) is 7.01. The molecule has 1 rings (SSSR count). The molecule has 0 aliphatic rings. The highest BCUT2D eigenvalue weighted by Crippen LogP contribution is 2.28. The lowest BCUT2D eigenvalue weighted by Gasteiger charge is -2.04. The van der Waals surface area contributed by atoms with Crippen molar-refractivity contribution in [3.8, 4) is 0 Å². The number of anilines is 1. The SMILES string of the molecule is CSc1c(F)c(N)cc(F)c1F. The quantitative estimate of drug-likeness (QED) is 0.421. The average Bonchev–Trinajstić information content (AvgIpc) is 2.02. The molecule has 66 valence electrons. The maximum absolute atomic E-state index is 12.9. The molecule has 0 fully saturated rings. The molecule has 0 spiro atoms. The summed E-state index contributed by atoms with van der Waals surface area (Å²) in [5.41, 5.74) is 4.69. The van der Waals surface area contributed by atoms with Gasteiger partial charge in [-0.3, -0.25) is 0 Å². The third-order valence-electron chi connectivity index (χ3n) is 1.35. The molecular formula is C7H6F3NS. The molecule has 0 aliphatic carbocycles. The minimum atomic E-state index is -1.19. The third kappa shape index (κ3) is 1.36. The topological polar surface area (TPSA) is 26.0 Å². The number of halogens is 3. The van der Waals surface area contributed by atoms with E-state index in [1.54, 1.807) is 0 Å². The van der Waals surface area contributed by atoms with E-state index < -0.39 is 17.5 Å². The number of nitrogen functional groups attached to an aromatic ring is 1. The summed E-state index contributed by atoms with van der Waals surface area (Å²) in [6, 6.07) is 0.629. The van der Waals surface area contributed by atoms with E-state index in [0.29, 0.717) is 6.07 Å². The normalized spacial score (nSPS) is 10.3. The van der Waals surface area contributed by atoms with Crippen molar-refractivity contribution in [2.24, 2.45) is 0 Å². The maximum Gasteiger partial charge on any atom is 0.175 e. The lowest BCUT2D eigenvalue weighted by molar-refractivity contribution is 0.469. The molecule has 0 amide bonds. The number of hydrogen-bond acceptors (Lipinski definition) is 2. The predicted molar refractivity (Wildman–Crippen MR) is 42.5 cm³/mol. The van der Waals surface area contributed by atoms with Gasteiger partial charge in [0.05, 0.1) is 10.6 Å². The lowest BCUT2D eigenvalue weighted by atomic mass is 10.3. The smallest absolute Gasteiger partial charge is 0.175 e. The zero-order chi connectivity index (χ0) is 9.30. The van der Waals surface area contributed by atoms with Crippen molar-refractivity contribution in [1.29, 1.82) is 0 Å². The van der Waals surface area contributed by atoms with E-state index in [-0.39, 0.29) is 10.6 Å². The largest absolute Gasteiger partial charge is 0.396 e. The molecule has 0 saturated heterocycles. The maximum atomic E-state index is 12.9. The van der Waals surface area contributed by atoms with Crippen LogP contribution in [0.4, 0.5) is 18.9 Å². The summed E-state index contributed by atoms with van der Waals surface area (Å²) >= 11 is 0.780. The van der Waals surface area contributed by atoms with Crippen molar-refractivity contribution in [2.45, 2.75) is 4.90 Å². The summed E-state index contributed by atoms with van der Waals surface area (Å²) in [5.74, 6) is -3.21. The molecular weight excluding hydrogens is 187 g/mol. The van der Waals surface area contributed by atoms with Gasteiger partial charge in [-0.15, -0.1) is 11.8 Å². The summed E-state index contributed by atoms with van der Waals surface area (Å²) in [4.78, 5) is -0.382. The Kier molecular flexibility index (Phi) is 2.52. The first-order valence-corrected chi connectivity index (χ1v) is 4.27. The van der Waals surface area contributed by atoms with Gasteiger partial charge in [-0.2, -0.15) is 0 Å². The summed E-state index contributed by atoms with van der Waals surface area (Å²) in [7, 11) is 0. The summed E-state index contributed by atoms with van der Waals surface area (Å²) in [5, 5.41) is 0. The molecule has 1 aromatic rings. The van der Waals surface area contributed by atoms with Crippen molar-refractivity contribution >= 4 is 17.4 Å². The van der Waals surface area contributed by atoms with E-state index in [9.17, 15) is 13.2 Å². The Balaban J connectivity index is 3.42. The van der Waals surface area contributed by atoms with E-state index in [4.69, 9.17) is 5.73 Å². The van der Waals surface area contributed by atoms with Crippen molar-refractivity contribution in [3.05, 3.63) is 23.5 Å². The fraction of sp³-hybridized carbons (Fsp3) is 0.143. The van der Waals surface area contributed by atoms with E-state index >= 15 is 0 Å². The summed E-state index contributed by atoms with van der Waals surface area (Å²) in [6.07, 6.45) is 1.44. The fourth-order valence-electron chi connectivity index (χ4n) is 0.778. The van der Waals surface area contributed by atoms with Crippen LogP contribution >= 0.6 is 11.8 Å². The van der Waals surface area contributed by atoms with Gasteiger partial charge in [0.15, 0.2) is 17.5 Å². The monoisotopic (exact) mass is 193 g/mol. The van der Waals surface area contributed by atoms with Crippen molar-refractivity contribution in [1.82, 2.24) is 0 Å². The number of rotatable bonds is 1. The first kappa shape index (κ1) is 9.25. The molecule has 0 bridgehead atoms. The molecule has 0 saturated carbocycles. The Hall–Kier alpha value is -0.840. The number of benzene rings is 1.